The van der Waals surface area contributed by atoms with Gasteiger partial charge in [0.2, 0.25) is 5.91 Å². The van der Waals surface area contributed by atoms with E-state index in [0.717, 1.165) is 40.8 Å². The molecular formula is C22H30N2O3S. The van der Waals surface area contributed by atoms with Gasteiger partial charge in [-0.2, -0.15) is 0 Å². The van der Waals surface area contributed by atoms with E-state index in [4.69, 9.17) is 5.11 Å². The summed E-state index contributed by atoms with van der Waals surface area (Å²) in [4.78, 5) is 26.3. The zero-order valence-electron chi connectivity index (χ0n) is 16.9. The van der Waals surface area contributed by atoms with Gasteiger partial charge in [-0.1, -0.05) is 44.0 Å². The van der Waals surface area contributed by atoms with Crippen LogP contribution in [0.3, 0.4) is 0 Å². The number of carboxylic acid groups (broad SMARTS) is 1. The Morgan fingerprint density at radius 2 is 1.89 bits per heavy atom. The van der Waals surface area contributed by atoms with Crippen molar-refractivity contribution in [1.29, 1.82) is 0 Å². The average Bonchev–Trinajstić information content (AvgIpc) is 3.14. The molecule has 0 saturated carbocycles. The first-order valence-corrected chi connectivity index (χ1v) is 10.6. The third-order valence-electron chi connectivity index (χ3n) is 4.84. The first kappa shape index (κ1) is 22.1. The Labute approximate surface area is 171 Å². The minimum atomic E-state index is -0.845. The number of nitrogens with zero attached hydrogens (tertiary/aromatic N) is 1. The molecule has 0 fully saturated rings. The number of aliphatic carboxylic acids is 1. The van der Waals surface area contributed by atoms with Crippen LogP contribution in [0, 0.1) is 0 Å². The van der Waals surface area contributed by atoms with E-state index in [1.807, 2.05) is 31.3 Å². The lowest BCUT2D eigenvalue weighted by atomic mass is 10.0. The zero-order chi connectivity index (χ0) is 20.5. The van der Waals surface area contributed by atoms with Crippen molar-refractivity contribution in [2.75, 3.05) is 14.1 Å². The number of likely N-dealkylation sites (N-methyl/N-ethyl adjacent to an activating group) is 1. The van der Waals surface area contributed by atoms with E-state index in [9.17, 15) is 9.59 Å². The molecule has 0 aliphatic rings. The number of thiophene rings is 1. The Balaban J connectivity index is 1.96. The molecule has 6 heteroatoms. The van der Waals surface area contributed by atoms with E-state index in [0.29, 0.717) is 19.4 Å². The molecule has 0 aliphatic heterocycles. The molecule has 0 aliphatic carbocycles. The van der Waals surface area contributed by atoms with Crippen molar-refractivity contribution < 1.29 is 14.7 Å². The van der Waals surface area contributed by atoms with Crippen LogP contribution in [0.5, 0.6) is 0 Å². The maximum Gasteiger partial charge on any atom is 0.321 e. The van der Waals surface area contributed by atoms with Crippen LogP contribution in [0.25, 0.3) is 11.1 Å². The van der Waals surface area contributed by atoms with Crippen LogP contribution < -0.4 is 5.32 Å². The van der Waals surface area contributed by atoms with Crippen LogP contribution >= 0.6 is 11.3 Å². The molecule has 152 valence electrons. The second-order valence-electron chi connectivity index (χ2n) is 7.09. The highest BCUT2D eigenvalue weighted by molar-refractivity contribution is 7.10. The first-order chi connectivity index (χ1) is 13.4. The Morgan fingerprint density at radius 1 is 1.18 bits per heavy atom. The van der Waals surface area contributed by atoms with Crippen molar-refractivity contribution in [3.05, 3.63) is 46.2 Å². The Kier molecular flexibility index (Phi) is 8.67. The third kappa shape index (κ3) is 6.46. The van der Waals surface area contributed by atoms with Crippen molar-refractivity contribution >= 4 is 23.2 Å². The summed E-state index contributed by atoms with van der Waals surface area (Å²) in [5.74, 6) is -0.646. The average molecular weight is 403 g/mol. The maximum atomic E-state index is 12.2. The highest BCUT2D eigenvalue weighted by Gasteiger charge is 2.15. The number of hydrogen-bond donors (Lipinski definition) is 2. The third-order valence-corrected chi connectivity index (χ3v) is 5.76. The van der Waals surface area contributed by atoms with Crippen molar-refractivity contribution in [2.45, 2.75) is 51.6 Å². The van der Waals surface area contributed by atoms with E-state index in [1.54, 1.807) is 23.3 Å². The molecule has 1 amide bonds. The topological polar surface area (TPSA) is 69.6 Å². The van der Waals surface area contributed by atoms with Crippen molar-refractivity contribution in [2.24, 2.45) is 0 Å². The maximum absolute atomic E-state index is 12.2. The highest BCUT2D eigenvalue weighted by Crippen LogP contribution is 2.27. The van der Waals surface area contributed by atoms with E-state index in [2.05, 4.69) is 23.7 Å². The van der Waals surface area contributed by atoms with Gasteiger partial charge in [0, 0.05) is 18.3 Å². The van der Waals surface area contributed by atoms with Gasteiger partial charge in [0.25, 0.3) is 0 Å². The summed E-state index contributed by atoms with van der Waals surface area (Å²) in [7, 11) is 3.52. The standard InChI is InChI=1S/C22H30N2O3S/c1-4-5-6-7-21(25)24(3)14-19-13-18(15-28-19)17-10-8-16(9-11-17)12-20(23-2)22(26)27/h8-11,13,15,20,23H,4-7,12,14H2,1-3H3,(H,26,27). The number of amides is 1. The molecule has 1 heterocycles. The van der Waals surface area contributed by atoms with Crippen LogP contribution in [0.4, 0.5) is 0 Å². The number of carbonyl (C=O) groups excluding carboxylic acids is 1. The largest absolute Gasteiger partial charge is 0.480 e. The van der Waals surface area contributed by atoms with Gasteiger partial charge in [-0.15, -0.1) is 11.3 Å². The van der Waals surface area contributed by atoms with Crippen LogP contribution in [0.15, 0.2) is 35.7 Å². The van der Waals surface area contributed by atoms with E-state index in [1.165, 1.54) is 0 Å². The molecule has 0 radical (unpaired) electrons. The molecule has 5 nitrogen and oxygen atoms in total. The van der Waals surface area contributed by atoms with Crippen LogP contribution in [-0.2, 0) is 22.6 Å². The lowest BCUT2D eigenvalue weighted by molar-refractivity contribution is -0.139. The number of unbranched alkanes of at least 4 members (excludes halogenated alkanes) is 2. The van der Waals surface area contributed by atoms with Gasteiger partial charge in [-0.3, -0.25) is 9.59 Å². The fourth-order valence-corrected chi connectivity index (χ4v) is 3.98. The smallest absolute Gasteiger partial charge is 0.321 e. The summed E-state index contributed by atoms with van der Waals surface area (Å²) < 4.78 is 0. The van der Waals surface area contributed by atoms with Gasteiger partial charge in [0.1, 0.15) is 6.04 Å². The number of rotatable bonds is 11. The minimum Gasteiger partial charge on any atom is -0.480 e. The SMILES string of the molecule is CCCCCC(=O)N(C)Cc1cc(-c2ccc(CC(NC)C(=O)O)cc2)cs1. The molecule has 2 rings (SSSR count). The summed E-state index contributed by atoms with van der Waals surface area (Å²) in [5.41, 5.74) is 3.21. The normalized spacial score (nSPS) is 12.0. The van der Waals surface area contributed by atoms with Crippen molar-refractivity contribution in [1.82, 2.24) is 10.2 Å². The van der Waals surface area contributed by atoms with Gasteiger partial charge >= 0.3 is 5.97 Å². The second-order valence-corrected chi connectivity index (χ2v) is 8.08. The molecule has 0 spiro atoms. The Bertz CT molecular complexity index is 770. The molecular weight excluding hydrogens is 372 g/mol. The molecule has 1 aromatic heterocycles. The second kappa shape index (κ2) is 11.0. The van der Waals surface area contributed by atoms with Crippen molar-refractivity contribution in [3.63, 3.8) is 0 Å². The summed E-state index contributed by atoms with van der Waals surface area (Å²) in [5, 5.41) is 14.1. The van der Waals surface area contributed by atoms with Gasteiger partial charge in [0.15, 0.2) is 0 Å². The molecule has 2 aromatic rings. The van der Waals surface area contributed by atoms with Gasteiger partial charge < -0.3 is 15.3 Å². The molecule has 0 bridgehead atoms. The zero-order valence-corrected chi connectivity index (χ0v) is 17.7. The quantitative estimate of drug-likeness (QED) is 0.554. The van der Waals surface area contributed by atoms with Gasteiger partial charge in [-0.25, -0.2) is 0 Å². The number of carboxylic acids is 1. The lowest BCUT2D eigenvalue weighted by Crippen LogP contribution is -2.35. The highest BCUT2D eigenvalue weighted by atomic mass is 32.1. The number of benzene rings is 1. The predicted molar refractivity (Wildman–Crippen MR) is 115 cm³/mol. The number of nitrogens with one attached hydrogen (secondary N) is 1. The van der Waals surface area contributed by atoms with Gasteiger partial charge in [-0.05, 0) is 48.0 Å². The Hall–Kier alpha value is -2.18. The van der Waals surface area contributed by atoms with Crippen LogP contribution in [0.1, 0.15) is 43.0 Å². The van der Waals surface area contributed by atoms with E-state index in [-0.39, 0.29) is 5.91 Å². The molecule has 1 atom stereocenters. The molecule has 0 saturated heterocycles. The lowest BCUT2D eigenvalue weighted by Gasteiger charge is -2.16. The Morgan fingerprint density at radius 3 is 2.50 bits per heavy atom. The summed E-state index contributed by atoms with van der Waals surface area (Å²) in [6.07, 6.45) is 4.24. The predicted octanol–water partition coefficient (Wildman–Crippen LogP) is 4.17. The fraction of sp³-hybridized carbons (Fsp3) is 0.455. The van der Waals surface area contributed by atoms with Gasteiger partial charge in [0.05, 0.1) is 6.54 Å². The van der Waals surface area contributed by atoms with Crippen molar-refractivity contribution in [3.8, 4) is 11.1 Å². The summed E-state index contributed by atoms with van der Waals surface area (Å²) in [6, 6.07) is 9.55. The molecule has 1 aromatic carbocycles. The number of hydrogen-bond acceptors (Lipinski definition) is 4. The number of carbonyl (C=O) groups is 2. The van der Waals surface area contributed by atoms with Crippen LogP contribution in [0.2, 0.25) is 0 Å². The molecule has 2 N–H and O–H groups in total. The molecule has 28 heavy (non-hydrogen) atoms. The van der Waals surface area contributed by atoms with E-state index < -0.39 is 12.0 Å². The molecule has 1 unspecified atom stereocenters. The summed E-state index contributed by atoms with van der Waals surface area (Å²) in [6.45, 7) is 2.77. The first-order valence-electron chi connectivity index (χ1n) is 9.75. The minimum absolute atomic E-state index is 0.199. The fourth-order valence-electron chi connectivity index (χ4n) is 3.04. The van der Waals surface area contributed by atoms with Crippen LogP contribution in [-0.4, -0.2) is 42.0 Å². The van der Waals surface area contributed by atoms with E-state index >= 15 is 0 Å². The monoisotopic (exact) mass is 402 g/mol. The summed E-state index contributed by atoms with van der Waals surface area (Å²) >= 11 is 1.66.